The molecule has 1 aliphatic heterocycles. The Kier molecular flexibility index (Phi) is 25.4. The number of primary amides is 2. The van der Waals surface area contributed by atoms with E-state index >= 15 is 0 Å². The van der Waals surface area contributed by atoms with Crippen LogP contribution in [0.15, 0.2) is 30.3 Å². The lowest BCUT2D eigenvalue weighted by Gasteiger charge is -2.30. The first-order valence-corrected chi connectivity index (χ1v) is 23.4. The Morgan fingerprint density at radius 2 is 1.28 bits per heavy atom. The van der Waals surface area contributed by atoms with Gasteiger partial charge in [0.25, 0.3) is 0 Å². The second kappa shape index (κ2) is 29.7. The predicted octanol–water partition coefficient (Wildman–Crippen LogP) is -5.29. The van der Waals surface area contributed by atoms with Crippen LogP contribution in [0.1, 0.15) is 64.9 Å². The highest BCUT2D eigenvalue weighted by molar-refractivity contribution is 7.80. The van der Waals surface area contributed by atoms with Crippen LogP contribution in [0.3, 0.4) is 0 Å². The van der Waals surface area contributed by atoms with Gasteiger partial charge in [-0.2, -0.15) is 25.3 Å². The Hall–Kier alpha value is -5.99. The molecule has 1 aromatic rings. The van der Waals surface area contributed by atoms with Crippen molar-refractivity contribution < 1.29 is 52.7 Å². The number of rotatable bonds is 29. The highest BCUT2D eigenvalue weighted by atomic mass is 32.1. The third-order valence-electron chi connectivity index (χ3n) is 10.8. The molecule has 0 radical (unpaired) electrons. The van der Waals surface area contributed by atoms with E-state index in [-0.39, 0.29) is 50.4 Å². The summed E-state index contributed by atoms with van der Waals surface area (Å²) in [6, 6.07) is -2.02. The predicted molar refractivity (Wildman–Crippen MR) is 255 cm³/mol. The van der Waals surface area contributed by atoms with Crippen LogP contribution >= 0.6 is 25.3 Å². The Bertz CT molecular complexity index is 1950. The Balaban J connectivity index is 2.36. The number of likely N-dealkylation sites (tertiary alicyclic amines) is 1. The molecule has 9 atom stereocenters. The number of nitrogens with two attached hydrogens (primary N) is 4. The summed E-state index contributed by atoms with van der Waals surface area (Å²) in [5.41, 5.74) is 22.7. The average molecular weight is 994 g/mol. The first kappa shape index (κ1) is 58.1. The van der Waals surface area contributed by atoms with E-state index in [4.69, 9.17) is 22.9 Å². The fourth-order valence-electron chi connectivity index (χ4n) is 6.95. The monoisotopic (exact) mass is 993 g/mol. The summed E-state index contributed by atoms with van der Waals surface area (Å²) in [4.78, 5) is 146. The third kappa shape index (κ3) is 19.0. The lowest BCUT2D eigenvalue weighted by atomic mass is 9.96. The van der Waals surface area contributed by atoms with Crippen molar-refractivity contribution in [2.45, 2.75) is 114 Å². The van der Waals surface area contributed by atoms with Crippen molar-refractivity contribution in [1.82, 2.24) is 47.4 Å². The molecule has 0 aliphatic carbocycles. The van der Waals surface area contributed by atoms with E-state index in [1.165, 1.54) is 4.90 Å². The van der Waals surface area contributed by atoms with Gasteiger partial charge in [0.2, 0.25) is 65.0 Å². The molecule has 1 saturated heterocycles. The summed E-state index contributed by atoms with van der Waals surface area (Å²) in [7, 11) is 0. The average Bonchev–Trinajstić information content (AvgIpc) is 3.80. The maximum Gasteiger partial charge on any atom is 0.246 e. The summed E-state index contributed by atoms with van der Waals surface area (Å²) < 4.78 is 0. The number of amides is 11. The molecule has 1 aromatic carbocycles. The number of nitrogens with one attached hydrogen (secondary N) is 8. The fraction of sp³-hybridized carbons (Fsp3) is 0.595. The molecule has 378 valence electrons. The second-order valence-corrected chi connectivity index (χ2v) is 16.8. The minimum absolute atomic E-state index is 0.00815. The van der Waals surface area contributed by atoms with E-state index in [9.17, 15) is 52.7 Å². The molecule has 26 heteroatoms. The maximum atomic E-state index is 14.1. The van der Waals surface area contributed by atoms with Gasteiger partial charge in [0, 0.05) is 31.0 Å². The van der Waals surface area contributed by atoms with Crippen molar-refractivity contribution in [2.75, 3.05) is 37.7 Å². The summed E-state index contributed by atoms with van der Waals surface area (Å²) in [5, 5.41) is 19.9. The van der Waals surface area contributed by atoms with Crippen LogP contribution in [0.25, 0.3) is 0 Å². The number of thiol groups is 2. The second-order valence-electron chi connectivity index (χ2n) is 16.1. The van der Waals surface area contributed by atoms with E-state index in [2.05, 4.69) is 67.8 Å². The Labute approximate surface area is 405 Å². The van der Waals surface area contributed by atoms with Crippen LogP contribution < -0.4 is 65.5 Å². The van der Waals surface area contributed by atoms with Gasteiger partial charge in [-0.15, -0.1) is 0 Å². The normalized spacial score (nSPS) is 16.7. The van der Waals surface area contributed by atoms with Crippen molar-refractivity contribution in [1.29, 1.82) is 0 Å². The van der Waals surface area contributed by atoms with E-state index in [1.807, 2.05) is 0 Å². The van der Waals surface area contributed by atoms with Gasteiger partial charge in [-0.1, -0.05) is 50.6 Å². The smallest absolute Gasteiger partial charge is 0.246 e. The lowest BCUT2D eigenvalue weighted by molar-refractivity contribution is -0.142. The van der Waals surface area contributed by atoms with Crippen LogP contribution in [0, 0.1) is 5.92 Å². The van der Waals surface area contributed by atoms with Gasteiger partial charge < -0.3 is 70.4 Å². The summed E-state index contributed by atoms with van der Waals surface area (Å²) in [5.74, 6) is -10.2. The van der Waals surface area contributed by atoms with Gasteiger partial charge in [-0.25, -0.2) is 0 Å². The zero-order valence-corrected chi connectivity index (χ0v) is 40.2. The third-order valence-corrected chi connectivity index (χ3v) is 11.6. The molecule has 0 bridgehead atoms. The van der Waals surface area contributed by atoms with Crippen molar-refractivity contribution in [3.63, 3.8) is 0 Å². The van der Waals surface area contributed by atoms with Crippen LogP contribution in [0.2, 0.25) is 0 Å². The van der Waals surface area contributed by atoms with Gasteiger partial charge in [0.1, 0.15) is 42.3 Å². The number of nitrogens with zero attached hydrogens (tertiary/aromatic N) is 1. The zero-order valence-electron chi connectivity index (χ0n) is 38.4. The molecule has 0 saturated carbocycles. The van der Waals surface area contributed by atoms with Gasteiger partial charge in [0.15, 0.2) is 0 Å². The quantitative estimate of drug-likeness (QED) is 0.0334. The van der Waals surface area contributed by atoms with Gasteiger partial charge in [0.05, 0.1) is 25.4 Å². The number of hydrogen-bond acceptors (Lipinski definition) is 15. The molecule has 0 aromatic heterocycles. The fourth-order valence-corrected chi connectivity index (χ4v) is 7.36. The van der Waals surface area contributed by atoms with Crippen LogP contribution in [-0.2, 0) is 59.2 Å². The van der Waals surface area contributed by atoms with E-state index in [0.717, 1.165) is 0 Å². The summed E-state index contributed by atoms with van der Waals surface area (Å²) in [6.45, 7) is 4.72. The standard InChI is InChI=1S/C42H67N13O11S2/c1-4-22(3)34(54-39(63)26(50-35(59)24(44)20-67)16-23-10-7-6-8-11-23)41(65)52-28(18-33(58)47-5-2)38(62)51-27(17-31(45)56)37(61)53-29(21-68)42(66)55-15-9-12-30(55)40(64)49-25(13-14-43)36(60)48-19-32(46)57/h6-8,10-11,22,24-30,34,67-68H,4-5,9,12-21,43-44H2,1-3H3,(H2,45,56)(H2,46,57)(H,47,58)(H,48,60)(H,49,64)(H,50,59)(H,51,62)(H,52,65)(H,53,61)(H,54,63)/t22-,24-,25-,26-,27-,28-,29-,30-,34-/m0/s1. The zero-order chi connectivity index (χ0) is 51.1. The highest BCUT2D eigenvalue weighted by Crippen LogP contribution is 2.20. The highest BCUT2D eigenvalue weighted by Gasteiger charge is 2.40. The topological polar surface area (TPSA) is 391 Å². The van der Waals surface area contributed by atoms with Crippen molar-refractivity contribution in [3.05, 3.63) is 35.9 Å². The van der Waals surface area contributed by atoms with Crippen molar-refractivity contribution >= 4 is 90.2 Å². The van der Waals surface area contributed by atoms with Gasteiger partial charge in [-0.05, 0) is 44.2 Å². The molecule has 11 amide bonds. The molecule has 2 rings (SSSR count). The number of carbonyl (C=O) groups excluding carboxylic acids is 11. The van der Waals surface area contributed by atoms with E-state index in [1.54, 1.807) is 51.1 Å². The minimum Gasteiger partial charge on any atom is -0.370 e. The van der Waals surface area contributed by atoms with E-state index < -0.39 is 139 Å². The molecule has 0 spiro atoms. The number of benzene rings is 1. The van der Waals surface area contributed by atoms with Crippen molar-refractivity contribution in [3.8, 4) is 0 Å². The maximum absolute atomic E-state index is 14.1. The van der Waals surface area contributed by atoms with Gasteiger partial charge in [-0.3, -0.25) is 52.7 Å². The first-order valence-electron chi connectivity index (χ1n) is 22.2. The molecule has 1 fully saturated rings. The summed E-state index contributed by atoms with van der Waals surface area (Å²) >= 11 is 8.29. The molecule has 68 heavy (non-hydrogen) atoms. The number of hydrogen-bond donors (Lipinski definition) is 14. The largest absolute Gasteiger partial charge is 0.370 e. The van der Waals surface area contributed by atoms with Crippen LogP contribution in [0.4, 0.5) is 0 Å². The molecule has 1 heterocycles. The van der Waals surface area contributed by atoms with E-state index in [0.29, 0.717) is 18.4 Å². The van der Waals surface area contributed by atoms with Crippen LogP contribution in [-0.4, -0.2) is 156 Å². The lowest BCUT2D eigenvalue weighted by Crippen LogP contribution is -2.62. The Morgan fingerprint density at radius 3 is 1.84 bits per heavy atom. The number of carbonyl (C=O) groups is 11. The Morgan fingerprint density at radius 1 is 0.691 bits per heavy atom. The van der Waals surface area contributed by atoms with Crippen LogP contribution in [0.5, 0.6) is 0 Å². The van der Waals surface area contributed by atoms with Crippen molar-refractivity contribution in [2.24, 2.45) is 28.9 Å². The van der Waals surface area contributed by atoms with Gasteiger partial charge >= 0.3 is 0 Å². The molecule has 16 N–H and O–H groups in total. The first-order chi connectivity index (χ1) is 32.2. The minimum atomic E-state index is -1.77. The molecule has 0 unspecified atom stereocenters. The molecular weight excluding hydrogens is 927 g/mol. The SMILES string of the molecule is CCNC(=O)C[C@H](NC(=O)[C@@H](NC(=O)[C@H](Cc1ccccc1)NC(=O)[C@@H](N)CS)[C@@H](C)CC)C(=O)N[C@@H](CC(N)=O)C(=O)N[C@@H](CS)C(=O)N1CCC[C@H]1C(=O)N[C@@H](CCN)C(=O)NCC(N)=O. The molecular formula is C42H67N13O11S2. The molecule has 24 nitrogen and oxygen atoms in total. The summed E-state index contributed by atoms with van der Waals surface area (Å²) in [6.07, 6.45) is -0.582. The molecule has 1 aliphatic rings.